The van der Waals surface area contributed by atoms with Gasteiger partial charge in [0.15, 0.2) is 0 Å². The second-order valence-electron chi connectivity index (χ2n) is 6.74. The van der Waals surface area contributed by atoms with Gasteiger partial charge in [0, 0.05) is 5.39 Å². The number of carbonyl (C=O) groups is 2. The second kappa shape index (κ2) is 7.09. The molecular weight excluding hydrogens is 378 g/mol. The lowest BCUT2D eigenvalue weighted by atomic mass is 9.95. The molecule has 0 N–H and O–H groups in total. The van der Waals surface area contributed by atoms with Gasteiger partial charge in [-0.2, -0.15) is 18.9 Å². The molecule has 0 bridgehead atoms. The number of carbonyl (C=O) groups excluding carboxylic acids is 2. The maximum absolute atomic E-state index is 12.8. The molecular formula is C22H16F2N2O3. The number of hydrogen-bond acceptors (Lipinski definition) is 4. The zero-order chi connectivity index (χ0) is 20.7. The Morgan fingerprint density at radius 1 is 0.966 bits per heavy atom. The first-order valence-corrected chi connectivity index (χ1v) is 8.87. The summed E-state index contributed by atoms with van der Waals surface area (Å²) < 4.78 is 29.6. The molecule has 1 heterocycles. The van der Waals surface area contributed by atoms with Crippen LogP contribution in [0.2, 0.25) is 0 Å². The molecule has 0 atom stereocenters. The molecule has 1 aliphatic heterocycles. The topological polar surface area (TPSA) is 59.0 Å². The summed E-state index contributed by atoms with van der Waals surface area (Å²) in [5.74, 6) is -0.925. The number of alkyl halides is 2. The summed E-state index contributed by atoms with van der Waals surface area (Å²) in [5.41, 5.74) is 2.36. The number of halogens is 2. The summed E-state index contributed by atoms with van der Waals surface area (Å²) in [6, 6.07) is 13.7. The third-order valence-corrected chi connectivity index (χ3v) is 4.76. The maximum atomic E-state index is 12.8. The van der Waals surface area contributed by atoms with Gasteiger partial charge < -0.3 is 4.74 Å². The number of rotatable bonds is 4. The summed E-state index contributed by atoms with van der Waals surface area (Å²) in [5, 5.41) is 6.35. The number of hydrogen-bond donors (Lipinski definition) is 0. The first-order valence-electron chi connectivity index (χ1n) is 8.87. The monoisotopic (exact) mass is 394 g/mol. The molecule has 0 radical (unpaired) electrons. The van der Waals surface area contributed by atoms with Crippen molar-refractivity contribution in [2.75, 3.05) is 0 Å². The van der Waals surface area contributed by atoms with Gasteiger partial charge in [0.1, 0.15) is 5.75 Å². The predicted octanol–water partition coefficient (Wildman–Crippen LogP) is 4.69. The lowest BCUT2D eigenvalue weighted by Gasteiger charge is -2.23. The Hall–Kier alpha value is -3.61. The van der Waals surface area contributed by atoms with E-state index in [1.54, 1.807) is 50.2 Å². The molecule has 0 aromatic heterocycles. The van der Waals surface area contributed by atoms with E-state index in [2.05, 4.69) is 9.84 Å². The SMILES string of the molecule is Cc1cc(/C=N\N2C(=O)c3cccc4cccc(c34)C2=O)cc(C)c1OC(F)F. The van der Waals surface area contributed by atoms with Gasteiger partial charge >= 0.3 is 6.61 Å². The molecule has 146 valence electrons. The number of imide groups is 1. The molecule has 0 spiro atoms. The highest BCUT2D eigenvalue weighted by Crippen LogP contribution is 2.30. The van der Waals surface area contributed by atoms with Crippen LogP contribution in [0.15, 0.2) is 53.6 Å². The molecule has 29 heavy (non-hydrogen) atoms. The predicted molar refractivity (Wildman–Crippen MR) is 105 cm³/mol. The Bertz CT molecular complexity index is 1110. The highest BCUT2D eigenvalue weighted by molar-refractivity contribution is 6.25. The second-order valence-corrected chi connectivity index (χ2v) is 6.74. The van der Waals surface area contributed by atoms with Crippen molar-refractivity contribution in [3.8, 4) is 5.75 Å². The Labute approximate surface area is 165 Å². The van der Waals surface area contributed by atoms with Gasteiger partial charge in [-0.1, -0.05) is 24.3 Å². The van der Waals surface area contributed by atoms with Crippen LogP contribution >= 0.6 is 0 Å². The highest BCUT2D eigenvalue weighted by atomic mass is 19.3. The number of nitrogens with zero attached hydrogens (tertiary/aromatic N) is 2. The highest BCUT2D eigenvalue weighted by Gasteiger charge is 2.32. The number of benzene rings is 3. The Morgan fingerprint density at radius 3 is 2.03 bits per heavy atom. The number of hydrazone groups is 1. The molecule has 3 aromatic rings. The van der Waals surface area contributed by atoms with E-state index in [0.29, 0.717) is 33.2 Å². The number of ether oxygens (including phenoxy) is 1. The molecule has 0 saturated heterocycles. The minimum absolute atomic E-state index is 0.0999. The van der Waals surface area contributed by atoms with Crippen molar-refractivity contribution in [3.05, 3.63) is 76.3 Å². The van der Waals surface area contributed by atoms with Crippen LogP contribution in [0.5, 0.6) is 5.75 Å². The summed E-state index contributed by atoms with van der Waals surface area (Å²) in [6.45, 7) is 0.352. The van der Waals surface area contributed by atoms with Crippen LogP contribution in [0.1, 0.15) is 37.4 Å². The molecule has 4 rings (SSSR count). The molecule has 5 nitrogen and oxygen atoms in total. The lowest BCUT2D eigenvalue weighted by molar-refractivity contribution is -0.0507. The Morgan fingerprint density at radius 2 is 1.52 bits per heavy atom. The summed E-state index contributed by atoms with van der Waals surface area (Å²) in [7, 11) is 0. The zero-order valence-corrected chi connectivity index (χ0v) is 15.6. The minimum atomic E-state index is -2.92. The van der Waals surface area contributed by atoms with Gasteiger partial charge in [0.05, 0.1) is 17.3 Å². The van der Waals surface area contributed by atoms with Crippen molar-refractivity contribution in [1.29, 1.82) is 0 Å². The summed E-state index contributed by atoms with van der Waals surface area (Å²) in [6.07, 6.45) is 1.36. The normalized spacial score (nSPS) is 13.8. The van der Waals surface area contributed by atoms with E-state index in [1.165, 1.54) is 6.21 Å². The van der Waals surface area contributed by atoms with Gasteiger partial charge in [0.25, 0.3) is 11.8 Å². The van der Waals surface area contributed by atoms with E-state index in [0.717, 1.165) is 10.4 Å². The molecule has 7 heteroatoms. The van der Waals surface area contributed by atoms with Gasteiger partial charge in [-0.25, -0.2) is 0 Å². The average molecular weight is 394 g/mol. The fraction of sp³-hybridized carbons (Fsp3) is 0.136. The minimum Gasteiger partial charge on any atom is -0.434 e. The van der Waals surface area contributed by atoms with Crippen molar-refractivity contribution in [2.45, 2.75) is 20.5 Å². The summed E-state index contributed by atoms with van der Waals surface area (Å²) in [4.78, 5) is 25.7. The van der Waals surface area contributed by atoms with Gasteiger partial charge in [-0.05, 0) is 60.2 Å². The maximum Gasteiger partial charge on any atom is 0.387 e. The van der Waals surface area contributed by atoms with E-state index in [9.17, 15) is 18.4 Å². The standard InChI is InChI=1S/C22H16F2N2O3/c1-12-9-14(10-13(2)19(12)29-22(23)24)11-25-26-20(27)16-7-3-5-15-6-4-8-17(18(15)16)21(26)28/h3-11,22H,1-2H3/b25-11-. The van der Waals surface area contributed by atoms with Crippen molar-refractivity contribution in [3.63, 3.8) is 0 Å². The van der Waals surface area contributed by atoms with E-state index in [1.807, 2.05) is 12.1 Å². The van der Waals surface area contributed by atoms with E-state index < -0.39 is 18.4 Å². The van der Waals surface area contributed by atoms with Crippen molar-refractivity contribution in [1.82, 2.24) is 5.01 Å². The van der Waals surface area contributed by atoms with E-state index in [-0.39, 0.29) is 5.75 Å². The van der Waals surface area contributed by atoms with Crippen LogP contribution in [0.3, 0.4) is 0 Å². The largest absolute Gasteiger partial charge is 0.434 e. The fourth-order valence-electron chi connectivity index (χ4n) is 3.58. The van der Waals surface area contributed by atoms with Gasteiger partial charge in [0.2, 0.25) is 0 Å². The molecule has 0 unspecified atom stereocenters. The van der Waals surface area contributed by atoms with E-state index >= 15 is 0 Å². The quantitative estimate of drug-likeness (QED) is 0.477. The van der Waals surface area contributed by atoms with Crippen LogP contribution < -0.4 is 4.74 Å². The first-order chi connectivity index (χ1) is 13.9. The van der Waals surface area contributed by atoms with Crippen molar-refractivity contribution in [2.24, 2.45) is 5.10 Å². The number of aryl methyl sites for hydroxylation is 2. The van der Waals surface area contributed by atoms with Gasteiger partial charge in [-0.15, -0.1) is 0 Å². The summed E-state index contributed by atoms with van der Waals surface area (Å²) >= 11 is 0. The fourth-order valence-corrected chi connectivity index (χ4v) is 3.58. The van der Waals surface area contributed by atoms with E-state index in [4.69, 9.17) is 0 Å². The third kappa shape index (κ3) is 3.24. The van der Waals surface area contributed by atoms with Crippen LogP contribution in [-0.4, -0.2) is 29.6 Å². The molecule has 2 amide bonds. The van der Waals surface area contributed by atoms with Gasteiger partial charge in [-0.3, -0.25) is 9.59 Å². The zero-order valence-electron chi connectivity index (χ0n) is 15.6. The molecule has 0 aliphatic carbocycles. The lowest BCUT2D eigenvalue weighted by Crippen LogP contribution is -2.36. The smallest absolute Gasteiger partial charge is 0.387 e. The van der Waals surface area contributed by atoms with Crippen molar-refractivity contribution < 1.29 is 23.1 Å². The van der Waals surface area contributed by atoms with Crippen LogP contribution in [0.25, 0.3) is 10.8 Å². The van der Waals surface area contributed by atoms with Crippen LogP contribution in [-0.2, 0) is 0 Å². The average Bonchev–Trinajstić information content (AvgIpc) is 2.68. The molecule has 1 aliphatic rings. The molecule has 0 fully saturated rings. The van der Waals surface area contributed by atoms with Crippen LogP contribution in [0, 0.1) is 13.8 Å². The molecule has 0 saturated carbocycles. The Balaban J connectivity index is 1.69. The van der Waals surface area contributed by atoms with Crippen LogP contribution in [0.4, 0.5) is 8.78 Å². The Kier molecular flexibility index (Phi) is 4.58. The first kappa shape index (κ1) is 18.7. The third-order valence-electron chi connectivity index (χ3n) is 4.76. The number of amides is 2. The van der Waals surface area contributed by atoms with Crippen molar-refractivity contribution >= 4 is 28.8 Å². The molecule has 3 aromatic carbocycles.